The second-order valence-corrected chi connectivity index (χ2v) is 3.74. The molecule has 0 N–H and O–H groups in total. The summed E-state index contributed by atoms with van der Waals surface area (Å²) in [6.45, 7) is 6.57. The molecule has 1 fully saturated rings. The van der Waals surface area contributed by atoms with Gasteiger partial charge in [-0.25, -0.2) is 0 Å². The Hall–Kier alpha value is -0.520. The Labute approximate surface area is 70.0 Å². The molecule has 0 bridgehead atoms. The molecule has 1 aliphatic rings. The van der Waals surface area contributed by atoms with E-state index in [-0.39, 0.29) is 0 Å². The molecule has 0 radical (unpaired) electrons. The Balaban J connectivity index is 2.27. The van der Waals surface area contributed by atoms with Crippen LogP contribution in [0, 0.1) is 5.92 Å². The fourth-order valence-corrected chi connectivity index (χ4v) is 1.19. The average Bonchev–Trinajstić information content (AvgIpc) is 2.66. The smallest absolute Gasteiger partial charge is 0.0164 e. The van der Waals surface area contributed by atoms with Gasteiger partial charge in [-0.05, 0) is 46.0 Å². The van der Waals surface area contributed by atoms with Crippen molar-refractivity contribution < 1.29 is 0 Å². The molecule has 0 aromatic rings. The topological polar surface area (TPSA) is 0 Å². The summed E-state index contributed by atoms with van der Waals surface area (Å²) < 4.78 is 0. The van der Waals surface area contributed by atoms with Gasteiger partial charge in [0.1, 0.15) is 0 Å². The highest BCUT2D eigenvalue weighted by Gasteiger charge is 2.22. The van der Waals surface area contributed by atoms with E-state index < -0.39 is 0 Å². The summed E-state index contributed by atoms with van der Waals surface area (Å²) in [6.07, 6.45) is 8.63. The van der Waals surface area contributed by atoms with Crippen LogP contribution in [-0.2, 0) is 0 Å². The molecule has 0 aromatic heterocycles. The fourth-order valence-electron chi connectivity index (χ4n) is 1.19. The molecule has 0 unspecified atom stereocenters. The van der Waals surface area contributed by atoms with E-state index in [1.54, 1.807) is 5.57 Å². The molecule has 0 heteroatoms. The zero-order valence-electron chi connectivity index (χ0n) is 7.85. The number of hydrogen-bond acceptors (Lipinski definition) is 0. The van der Waals surface area contributed by atoms with Crippen LogP contribution < -0.4 is 0 Å². The van der Waals surface area contributed by atoms with E-state index in [0.29, 0.717) is 0 Å². The molecule has 1 rings (SSSR count). The minimum Gasteiger partial charge on any atom is -0.0821 e. The largest absolute Gasteiger partial charge is 0.0821 e. The third kappa shape index (κ3) is 3.41. The van der Waals surface area contributed by atoms with Crippen molar-refractivity contribution in [1.29, 1.82) is 0 Å². The van der Waals surface area contributed by atoms with E-state index in [1.807, 2.05) is 0 Å². The third-order valence-electron chi connectivity index (χ3n) is 2.19. The van der Waals surface area contributed by atoms with Crippen LogP contribution in [0.25, 0.3) is 0 Å². The van der Waals surface area contributed by atoms with E-state index in [1.165, 1.54) is 18.4 Å². The predicted octanol–water partition coefficient (Wildman–Crippen LogP) is 3.70. The van der Waals surface area contributed by atoms with Crippen LogP contribution in [0.2, 0.25) is 0 Å². The van der Waals surface area contributed by atoms with Gasteiger partial charge < -0.3 is 0 Å². The Bertz CT molecular complexity index is 176. The maximum atomic E-state index is 2.37. The van der Waals surface area contributed by atoms with Crippen molar-refractivity contribution in [2.24, 2.45) is 5.92 Å². The summed E-state index contributed by atoms with van der Waals surface area (Å²) >= 11 is 0. The molecule has 1 aliphatic carbocycles. The van der Waals surface area contributed by atoms with Crippen LogP contribution >= 0.6 is 0 Å². The maximum absolute atomic E-state index is 2.37. The lowest BCUT2D eigenvalue weighted by Gasteiger charge is -1.94. The van der Waals surface area contributed by atoms with E-state index in [4.69, 9.17) is 0 Å². The fraction of sp³-hybridized carbons (Fsp3) is 0.636. The van der Waals surface area contributed by atoms with Gasteiger partial charge in [0.05, 0.1) is 0 Å². The summed E-state index contributed by atoms with van der Waals surface area (Å²) in [6, 6.07) is 0. The van der Waals surface area contributed by atoms with Crippen LogP contribution in [0.15, 0.2) is 23.3 Å². The van der Waals surface area contributed by atoms with Crippen molar-refractivity contribution in [1.82, 2.24) is 0 Å². The first kappa shape index (κ1) is 8.58. The molecule has 0 amide bonds. The highest BCUT2D eigenvalue weighted by molar-refractivity contribution is 5.12. The lowest BCUT2D eigenvalue weighted by molar-refractivity contribution is 0.990. The van der Waals surface area contributed by atoms with Gasteiger partial charge in [0, 0.05) is 0 Å². The van der Waals surface area contributed by atoms with E-state index in [2.05, 4.69) is 32.9 Å². The number of allylic oxidation sites excluding steroid dienone is 4. The molecule has 0 saturated heterocycles. The maximum Gasteiger partial charge on any atom is -0.0164 e. The lowest BCUT2D eigenvalue weighted by Crippen LogP contribution is -1.76. The van der Waals surface area contributed by atoms with Gasteiger partial charge in [-0.1, -0.05) is 23.3 Å². The highest BCUT2D eigenvalue weighted by atomic mass is 14.3. The van der Waals surface area contributed by atoms with E-state index in [0.717, 1.165) is 12.3 Å². The first-order valence-electron chi connectivity index (χ1n) is 4.50. The molecule has 0 atom stereocenters. The number of rotatable bonds is 3. The highest BCUT2D eigenvalue weighted by Crippen LogP contribution is 2.36. The van der Waals surface area contributed by atoms with Crippen LogP contribution in [0.5, 0.6) is 0 Å². The summed E-state index contributed by atoms with van der Waals surface area (Å²) in [4.78, 5) is 0. The van der Waals surface area contributed by atoms with Gasteiger partial charge >= 0.3 is 0 Å². The van der Waals surface area contributed by atoms with Crippen molar-refractivity contribution in [3.05, 3.63) is 23.3 Å². The molecular formula is C11H18. The van der Waals surface area contributed by atoms with Crippen molar-refractivity contribution in [2.45, 2.75) is 40.0 Å². The molecule has 11 heavy (non-hydrogen) atoms. The van der Waals surface area contributed by atoms with Crippen LogP contribution in [0.4, 0.5) is 0 Å². The van der Waals surface area contributed by atoms with Gasteiger partial charge in [0.15, 0.2) is 0 Å². The summed E-state index contributed by atoms with van der Waals surface area (Å²) in [5.74, 6) is 0.945. The van der Waals surface area contributed by atoms with Crippen LogP contribution in [0.1, 0.15) is 40.0 Å². The SMILES string of the molecule is CC(C)=CC/C=C(\C)C1CC1. The van der Waals surface area contributed by atoms with Gasteiger partial charge in [0.2, 0.25) is 0 Å². The average molecular weight is 150 g/mol. The molecule has 0 heterocycles. The van der Waals surface area contributed by atoms with Gasteiger partial charge in [-0.15, -0.1) is 0 Å². The van der Waals surface area contributed by atoms with Crippen molar-refractivity contribution >= 4 is 0 Å². The van der Waals surface area contributed by atoms with Crippen LogP contribution in [-0.4, -0.2) is 0 Å². The Morgan fingerprint density at radius 1 is 1.18 bits per heavy atom. The molecule has 0 spiro atoms. The molecule has 0 nitrogen and oxygen atoms in total. The Morgan fingerprint density at radius 3 is 2.27 bits per heavy atom. The third-order valence-corrected chi connectivity index (χ3v) is 2.19. The molecule has 1 saturated carbocycles. The molecule has 0 aliphatic heterocycles. The normalized spacial score (nSPS) is 18.3. The molecule has 62 valence electrons. The minimum absolute atomic E-state index is 0.945. The zero-order chi connectivity index (χ0) is 8.27. The van der Waals surface area contributed by atoms with E-state index >= 15 is 0 Å². The zero-order valence-corrected chi connectivity index (χ0v) is 7.85. The quantitative estimate of drug-likeness (QED) is 0.538. The van der Waals surface area contributed by atoms with Crippen molar-refractivity contribution in [3.63, 3.8) is 0 Å². The second kappa shape index (κ2) is 3.75. The van der Waals surface area contributed by atoms with Gasteiger partial charge in [-0.3, -0.25) is 0 Å². The summed E-state index contributed by atoms with van der Waals surface area (Å²) in [5.41, 5.74) is 3.02. The Kier molecular flexibility index (Phi) is 2.92. The minimum atomic E-state index is 0.945. The van der Waals surface area contributed by atoms with E-state index in [9.17, 15) is 0 Å². The monoisotopic (exact) mass is 150 g/mol. The molecular weight excluding hydrogens is 132 g/mol. The summed E-state index contributed by atoms with van der Waals surface area (Å²) in [5, 5.41) is 0. The summed E-state index contributed by atoms with van der Waals surface area (Å²) in [7, 11) is 0. The van der Waals surface area contributed by atoms with Crippen LogP contribution in [0.3, 0.4) is 0 Å². The number of hydrogen-bond donors (Lipinski definition) is 0. The van der Waals surface area contributed by atoms with Gasteiger partial charge in [0.25, 0.3) is 0 Å². The molecule has 0 aromatic carbocycles. The predicted molar refractivity (Wildman–Crippen MR) is 50.5 cm³/mol. The Morgan fingerprint density at radius 2 is 1.82 bits per heavy atom. The second-order valence-electron chi connectivity index (χ2n) is 3.74. The van der Waals surface area contributed by atoms with Gasteiger partial charge in [-0.2, -0.15) is 0 Å². The lowest BCUT2D eigenvalue weighted by atomic mass is 10.1. The van der Waals surface area contributed by atoms with Crippen molar-refractivity contribution in [3.8, 4) is 0 Å². The standard InChI is InChI=1S/C11H18/c1-9(2)5-4-6-10(3)11-7-8-11/h5-6,11H,4,7-8H2,1-3H3/b10-6+. The first-order chi connectivity index (χ1) is 5.20. The van der Waals surface area contributed by atoms with Crippen molar-refractivity contribution in [2.75, 3.05) is 0 Å². The first-order valence-corrected chi connectivity index (χ1v) is 4.50.